The molecule has 0 aliphatic carbocycles. The van der Waals surface area contributed by atoms with E-state index in [4.69, 9.17) is 25.4 Å². The second-order valence-corrected chi connectivity index (χ2v) is 4.86. The van der Waals surface area contributed by atoms with Crippen LogP contribution < -0.4 is 5.73 Å². The molecule has 20 heavy (non-hydrogen) atoms. The van der Waals surface area contributed by atoms with Gasteiger partial charge in [-0.3, -0.25) is 0 Å². The fourth-order valence-electron chi connectivity index (χ4n) is 1.54. The SMILES string of the molecule is CC(=O)CCCCO[C@H](OC(CO)[C@H](O)CO)[C@H](C)N. The quantitative estimate of drug-likeness (QED) is 0.273. The average Bonchev–Trinajstić information content (AvgIpc) is 2.40. The maximum Gasteiger partial charge on any atom is 0.172 e. The summed E-state index contributed by atoms with van der Waals surface area (Å²) in [7, 11) is 0. The summed E-state index contributed by atoms with van der Waals surface area (Å²) in [6, 6.07) is -0.456. The molecule has 4 atom stereocenters. The highest BCUT2D eigenvalue weighted by molar-refractivity contribution is 5.75. The van der Waals surface area contributed by atoms with Gasteiger partial charge in [0.1, 0.15) is 18.0 Å². The van der Waals surface area contributed by atoms with E-state index in [1.807, 2.05) is 0 Å². The van der Waals surface area contributed by atoms with Gasteiger partial charge in [-0.05, 0) is 26.7 Å². The molecule has 0 aromatic carbocycles. The Kier molecular flexibility index (Phi) is 10.8. The van der Waals surface area contributed by atoms with Gasteiger partial charge in [-0.2, -0.15) is 0 Å². The Morgan fingerprint density at radius 3 is 2.35 bits per heavy atom. The molecule has 0 aliphatic rings. The Labute approximate surface area is 119 Å². The normalized spacial score (nSPS) is 17.5. The summed E-state index contributed by atoms with van der Waals surface area (Å²) in [4.78, 5) is 10.8. The van der Waals surface area contributed by atoms with Crippen LogP contribution in [0.25, 0.3) is 0 Å². The van der Waals surface area contributed by atoms with Crippen molar-refractivity contribution in [1.29, 1.82) is 0 Å². The minimum absolute atomic E-state index is 0.136. The minimum atomic E-state index is -1.19. The molecular weight excluding hydrogens is 266 g/mol. The molecule has 0 fully saturated rings. The van der Waals surface area contributed by atoms with Gasteiger partial charge in [0.25, 0.3) is 0 Å². The van der Waals surface area contributed by atoms with Crippen molar-refractivity contribution in [3.05, 3.63) is 0 Å². The average molecular weight is 293 g/mol. The van der Waals surface area contributed by atoms with Crippen LogP contribution in [0.15, 0.2) is 0 Å². The molecule has 0 amide bonds. The van der Waals surface area contributed by atoms with Crippen molar-refractivity contribution in [2.24, 2.45) is 5.73 Å². The summed E-state index contributed by atoms with van der Waals surface area (Å²) >= 11 is 0. The predicted molar refractivity (Wildman–Crippen MR) is 73.0 cm³/mol. The van der Waals surface area contributed by atoms with E-state index in [-0.39, 0.29) is 5.78 Å². The monoisotopic (exact) mass is 293 g/mol. The van der Waals surface area contributed by atoms with E-state index in [9.17, 15) is 9.90 Å². The molecule has 7 nitrogen and oxygen atoms in total. The first-order chi connectivity index (χ1) is 9.42. The smallest absolute Gasteiger partial charge is 0.172 e. The number of hydrogen-bond donors (Lipinski definition) is 4. The second-order valence-electron chi connectivity index (χ2n) is 4.86. The molecule has 0 aromatic rings. The fraction of sp³-hybridized carbons (Fsp3) is 0.923. The van der Waals surface area contributed by atoms with Crippen LogP contribution in [0.5, 0.6) is 0 Å². The van der Waals surface area contributed by atoms with E-state index >= 15 is 0 Å². The molecule has 7 heteroatoms. The Morgan fingerprint density at radius 2 is 1.90 bits per heavy atom. The lowest BCUT2D eigenvalue weighted by Gasteiger charge is -2.28. The second kappa shape index (κ2) is 11.1. The molecule has 0 radical (unpaired) electrons. The van der Waals surface area contributed by atoms with Crippen molar-refractivity contribution in [2.75, 3.05) is 19.8 Å². The van der Waals surface area contributed by atoms with Gasteiger partial charge in [-0.1, -0.05) is 0 Å². The molecule has 0 aliphatic heterocycles. The molecule has 0 rings (SSSR count). The van der Waals surface area contributed by atoms with Crippen LogP contribution in [0.2, 0.25) is 0 Å². The molecule has 5 N–H and O–H groups in total. The first-order valence-electron chi connectivity index (χ1n) is 6.84. The Balaban J connectivity index is 4.12. The molecule has 0 saturated carbocycles. The van der Waals surface area contributed by atoms with Gasteiger partial charge >= 0.3 is 0 Å². The summed E-state index contributed by atoms with van der Waals surface area (Å²) in [5.74, 6) is 0.136. The summed E-state index contributed by atoms with van der Waals surface area (Å²) in [5.41, 5.74) is 5.71. The minimum Gasteiger partial charge on any atom is -0.394 e. The molecule has 0 bridgehead atoms. The topological polar surface area (TPSA) is 122 Å². The highest BCUT2D eigenvalue weighted by Gasteiger charge is 2.25. The molecule has 120 valence electrons. The number of Topliss-reactive ketones (excluding diaryl/α,β-unsaturated/α-hetero) is 1. The van der Waals surface area contributed by atoms with Crippen molar-refractivity contribution in [1.82, 2.24) is 0 Å². The Hall–Kier alpha value is -0.570. The third-order valence-corrected chi connectivity index (χ3v) is 2.74. The standard InChI is InChI=1S/C13H27NO6/c1-9(17)5-3-4-6-19-13(10(2)14)20-12(8-16)11(18)7-15/h10-13,15-16,18H,3-8,14H2,1-2H3/t10-,11+,12?,13+/m0/s1. The van der Waals surface area contributed by atoms with Gasteiger partial charge in [0.2, 0.25) is 0 Å². The predicted octanol–water partition coefficient (Wildman–Crippen LogP) is -0.834. The van der Waals surface area contributed by atoms with Gasteiger partial charge in [0.05, 0.1) is 19.3 Å². The molecule has 0 heterocycles. The number of aliphatic hydroxyl groups excluding tert-OH is 3. The van der Waals surface area contributed by atoms with E-state index in [1.165, 1.54) is 6.92 Å². The van der Waals surface area contributed by atoms with Crippen molar-refractivity contribution in [3.8, 4) is 0 Å². The van der Waals surface area contributed by atoms with Crippen LogP contribution in [0, 0.1) is 0 Å². The maximum absolute atomic E-state index is 10.8. The van der Waals surface area contributed by atoms with Crippen LogP contribution in [0.3, 0.4) is 0 Å². The first kappa shape index (κ1) is 19.4. The number of ketones is 1. The van der Waals surface area contributed by atoms with Crippen LogP contribution in [0.4, 0.5) is 0 Å². The van der Waals surface area contributed by atoms with Gasteiger partial charge in [-0.25, -0.2) is 0 Å². The van der Waals surface area contributed by atoms with E-state index in [0.717, 1.165) is 6.42 Å². The lowest BCUT2D eigenvalue weighted by molar-refractivity contribution is -0.210. The largest absolute Gasteiger partial charge is 0.394 e. The molecular formula is C13H27NO6. The van der Waals surface area contributed by atoms with Gasteiger partial charge in [0.15, 0.2) is 6.29 Å². The van der Waals surface area contributed by atoms with Crippen LogP contribution in [0.1, 0.15) is 33.1 Å². The van der Waals surface area contributed by atoms with Crippen molar-refractivity contribution >= 4 is 5.78 Å². The van der Waals surface area contributed by atoms with Gasteiger partial charge in [0, 0.05) is 13.0 Å². The first-order valence-corrected chi connectivity index (χ1v) is 6.84. The molecule has 0 aromatic heterocycles. The zero-order valence-corrected chi connectivity index (χ0v) is 12.2. The van der Waals surface area contributed by atoms with Crippen LogP contribution in [-0.2, 0) is 14.3 Å². The van der Waals surface area contributed by atoms with E-state index in [0.29, 0.717) is 19.4 Å². The summed E-state index contributed by atoms with van der Waals surface area (Å²) in [6.07, 6.45) is -1.00. The number of ether oxygens (including phenoxy) is 2. The number of rotatable bonds is 12. The molecule has 0 spiro atoms. The van der Waals surface area contributed by atoms with Crippen LogP contribution in [-0.4, -0.2) is 65.5 Å². The van der Waals surface area contributed by atoms with E-state index in [2.05, 4.69) is 0 Å². The van der Waals surface area contributed by atoms with Gasteiger partial charge in [-0.15, -0.1) is 0 Å². The van der Waals surface area contributed by atoms with E-state index < -0.39 is 37.8 Å². The molecule has 1 unspecified atom stereocenters. The van der Waals surface area contributed by atoms with Crippen molar-refractivity contribution < 1.29 is 29.6 Å². The number of nitrogens with two attached hydrogens (primary N) is 1. The fourth-order valence-corrected chi connectivity index (χ4v) is 1.54. The lowest BCUT2D eigenvalue weighted by atomic mass is 10.2. The maximum atomic E-state index is 10.8. The third kappa shape index (κ3) is 8.57. The summed E-state index contributed by atoms with van der Waals surface area (Å²) in [5, 5.41) is 27.4. The number of carbonyl (C=O) groups is 1. The van der Waals surface area contributed by atoms with Crippen molar-refractivity contribution in [3.63, 3.8) is 0 Å². The molecule has 0 saturated heterocycles. The zero-order chi connectivity index (χ0) is 15.5. The Bertz CT molecular complexity index is 261. The zero-order valence-electron chi connectivity index (χ0n) is 12.2. The summed E-state index contributed by atoms with van der Waals surface area (Å²) in [6.45, 7) is 2.62. The number of aliphatic hydroxyl groups is 3. The third-order valence-electron chi connectivity index (χ3n) is 2.74. The highest BCUT2D eigenvalue weighted by Crippen LogP contribution is 2.09. The lowest BCUT2D eigenvalue weighted by Crippen LogP contribution is -2.45. The van der Waals surface area contributed by atoms with Crippen molar-refractivity contribution in [2.45, 2.75) is 57.6 Å². The number of carbonyl (C=O) groups excluding carboxylic acids is 1. The number of hydrogen-bond acceptors (Lipinski definition) is 7. The number of unbranched alkanes of at least 4 members (excludes halogenated alkanes) is 1. The summed E-state index contributed by atoms with van der Waals surface area (Å²) < 4.78 is 10.8. The van der Waals surface area contributed by atoms with Crippen LogP contribution >= 0.6 is 0 Å². The highest BCUT2D eigenvalue weighted by atomic mass is 16.7. The van der Waals surface area contributed by atoms with E-state index in [1.54, 1.807) is 6.92 Å². The van der Waals surface area contributed by atoms with Gasteiger partial charge < -0.3 is 35.3 Å². The Morgan fingerprint density at radius 1 is 1.25 bits per heavy atom.